The molecule has 0 fully saturated rings. The lowest BCUT2D eigenvalue weighted by Gasteiger charge is -1.91. The number of hydrogen-bond donors (Lipinski definition) is 0. The van der Waals surface area contributed by atoms with Crippen molar-refractivity contribution in [2.24, 2.45) is 0 Å². The molecule has 0 atom stereocenters. The fourth-order valence-corrected chi connectivity index (χ4v) is 1.61. The van der Waals surface area contributed by atoms with Crippen LogP contribution in [-0.2, 0) is 0 Å². The molecule has 2 rings (SSSR count). The van der Waals surface area contributed by atoms with E-state index < -0.39 is 0 Å². The Labute approximate surface area is 73.2 Å². The van der Waals surface area contributed by atoms with Gasteiger partial charge in [-0.2, -0.15) is 0 Å². The van der Waals surface area contributed by atoms with E-state index in [1.165, 1.54) is 5.39 Å². The van der Waals surface area contributed by atoms with E-state index in [2.05, 4.69) is 33.0 Å². The molecule has 0 unspecified atom stereocenters. The highest BCUT2D eigenvalue weighted by atomic mass is 79.9. The quantitative estimate of drug-likeness (QED) is 0.632. The lowest BCUT2D eigenvalue weighted by atomic mass is 10.2. The normalized spacial score (nSPS) is 10.3. The maximum absolute atomic E-state index is 3.48. The molecule has 0 amide bonds. The molecule has 1 nitrogen and oxygen atoms in total. The third-order valence-corrected chi connectivity index (χ3v) is 2.34. The summed E-state index contributed by atoms with van der Waals surface area (Å²) in [5.41, 5.74) is 1.15. The van der Waals surface area contributed by atoms with Crippen molar-refractivity contribution in [2.45, 2.75) is 0 Å². The van der Waals surface area contributed by atoms with E-state index in [4.69, 9.17) is 0 Å². The van der Waals surface area contributed by atoms with E-state index >= 15 is 0 Å². The highest BCUT2D eigenvalue weighted by Crippen LogP contribution is 2.19. The zero-order chi connectivity index (χ0) is 7.68. The molecule has 1 N–H and O–H groups in total. The molecule has 2 heteroatoms. The second-order valence-electron chi connectivity index (χ2n) is 2.37. The van der Waals surface area contributed by atoms with E-state index in [0.29, 0.717) is 0 Å². The van der Waals surface area contributed by atoms with Gasteiger partial charge in [0.25, 0.3) is 0 Å². The van der Waals surface area contributed by atoms with Gasteiger partial charge in [0.2, 0.25) is 5.52 Å². The maximum atomic E-state index is 3.48. The Hall–Kier alpha value is -0.890. The molecule has 0 aliphatic rings. The van der Waals surface area contributed by atoms with Crippen LogP contribution in [0.25, 0.3) is 10.9 Å². The average Bonchev–Trinajstić information content (AvgIpc) is 2.06. The first-order valence-corrected chi connectivity index (χ1v) is 4.22. The van der Waals surface area contributed by atoms with E-state index in [9.17, 15) is 0 Å². The molecular formula is C9H7BrN+. The third kappa shape index (κ3) is 1.14. The van der Waals surface area contributed by atoms with Crippen molar-refractivity contribution in [2.75, 3.05) is 0 Å². The van der Waals surface area contributed by atoms with Gasteiger partial charge in [-0.15, -0.1) is 0 Å². The molecular weight excluding hydrogens is 202 g/mol. The van der Waals surface area contributed by atoms with Crippen molar-refractivity contribution in [3.05, 3.63) is 41.0 Å². The Kier molecular flexibility index (Phi) is 1.62. The van der Waals surface area contributed by atoms with Crippen LogP contribution in [-0.4, -0.2) is 0 Å². The van der Waals surface area contributed by atoms with Crippen LogP contribution >= 0.6 is 15.9 Å². The molecule has 0 bridgehead atoms. The van der Waals surface area contributed by atoms with E-state index in [1.54, 1.807) is 0 Å². The Balaban J connectivity index is 2.91. The fourth-order valence-electron chi connectivity index (χ4n) is 1.11. The number of hydrogen-bond acceptors (Lipinski definition) is 0. The Morgan fingerprint density at radius 1 is 1.09 bits per heavy atom. The van der Waals surface area contributed by atoms with Crippen molar-refractivity contribution in [1.82, 2.24) is 0 Å². The van der Waals surface area contributed by atoms with Crippen LogP contribution in [0.15, 0.2) is 41.0 Å². The minimum Gasteiger partial charge on any atom is -0.211 e. The van der Waals surface area contributed by atoms with Crippen LogP contribution in [0.1, 0.15) is 0 Å². The smallest absolute Gasteiger partial charge is 0.211 e. The summed E-state index contributed by atoms with van der Waals surface area (Å²) < 4.78 is 1.13. The minimum atomic E-state index is 1.13. The zero-order valence-corrected chi connectivity index (χ0v) is 7.43. The Bertz CT molecular complexity index is 379. The number of pyridine rings is 1. The molecule has 0 saturated heterocycles. The van der Waals surface area contributed by atoms with Crippen molar-refractivity contribution < 1.29 is 4.98 Å². The first-order chi connectivity index (χ1) is 5.38. The van der Waals surface area contributed by atoms with Gasteiger partial charge in [0, 0.05) is 16.6 Å². The third-order valence-electron chi connectivity index (χ3n) is 1.65. The van der Waals surface area contributed by atoms with Gasteiger partial charge in [0.1, 0.15) is 0 Å². The summed E-state index contributed by atoms with van der Waals surface area (Å²) in [7, 11) is 0. The molecule has 0 radical (unpaired) electrons. The predicted molar refractivity (Wildman–Crippen MR) is 48.2 cm³/mol. The van der Waals surface area contributed by atoms with Crippen molar-refractivity contribution in [3.63, 3.8) is 0 Å². The predicted octanol–water partition coefficient (Wildman–Crippen LogP) is 2.42. The summed E-state index contributed by atoms with van der Waals surface area (Å²) >= 11 is 3.48. The molecule has 1 heterocycles. The van der Waals surface area contributed by atoms with Gasteiger partial charge in [-0.05, 0) is 28.1 Å². The summed E-state index contributed by atoms with van der Waals surface area (Å²) in [6.45, 7) is 0. The lowest BCUT2D eigenvalue weighted by molar-refractivity contribution is -0.344. The van der Waals surface area contributed by atoms with Crippen LogP contribution in [0.2, 0.25) is 0 Å². The van der Waals surface area contributed by atoms with Crippen molar-refractivity contribution >= 4 is 26.8 Å². The summed E-state index contributed by atoms with van der Waals surface area (Å²) in [5, 5.41) is 1.22. The number of rotatable bonds is 0. The topological polar surface area (TPSA) is 14.1 Å². The molecule has 2 aromatic rings. The van der Waals surface area contributed by atoms with Crippen LogP contribution in [0, 0.1) is 0 Å². The first-order valence-electron chi connectivity index (χ1n) is 3.43. The number of fused-ring (bicyclic) bond motifs is 1. The summed E-state index contributed by atoms with van der Waals surface area (Å²) in [6, 6.07) is 10.2. The van der Waals surface area contributed by atoms with Crippen LogP contribution in [0.3, 0.4) is 0 Å². The standard InChI is InChI=1S/C9H6BrN/c10-8-4-1-5-9-7(8)3-2-6-11-9/h1-6H/p+1. The molecule has 0 spiro atoms. The van der Waals surface area contributed by atoms with Crippen LogP contribution in [0.5, 0.6) is 0 Å². The largest absolute Gasteiger partial charge is 0.211 e. The molecule has 0 aliphatic carbocycles. The Morgan fingerprint density at radius 3 is 2.82 bits per heavy atom. The zero-order valence-electron chi connectivity index (χ0n) is 5.84. The number of nitrogens with one attached hydrogen (secondary N) is 1. The molecule has 0 saturated carbocycles. The van der Waals surface area contributed by atoms with Gasteiger partial charge in [-0.3, -0.25) is 0 Å². The molecule has 54 valence electrons. The van der Waals surface area contributed by atoms with Crippen LogP contribution < -0.4 is 4.98 Å². The van der Waals surface area contributed by atoms with E-state index in [0.717, 1.165) is 9.99 Å². The Morgan fingerprint density at radius 2 is 2.00 bits per heavy atom. The van der Waals surface area contributed by atoms with Gasteiger partial charge in [0.05, 0.1) is 5.39 Å². The summed E-state index contributed by atoms with van der Waals surface area (Å²) in [6.07, 6.45) is 1.93. The SMILES string of the molecule is Brc1cccc2[nH+]cccc12. The fraction of sp³-hybridized carbons (Fsp3) is 0. The van der Waals surface area contributed by atoms with E-state index in [1.807, 2.05) is 24.4 Å². The number of aromatic nitrogens is 1. The maximum Gasteiger partial charge on any atom is 0.211 e. The number of aromatic amines is 1. The second-order valence-corrected chi connectivity index (χ2v) is 3.23. The minimum absolute atomic E-state index is 1.13. The lowest BCUT2D eigenvalue weighted by Crippen LogP contribution is -2.00. The highest BCUT2D eigenvalue weighted by molar-refractivity contribution is 9.10. The molecule has 1 aromatic heterocycles. The molecule has 11 heavy (non-hydrogen) atoms. The van der Waals surface area contributed by atoms with Crippen LogP contribution in [0.4, 0.5) is 0 Å². The number of H-pyrrole nitrogens is 1. The first kappa shape index (κ1) is 6.80. The second kappa shape index (κ2) is 2.62. The average molecular weight is 209 g/mol. The highest BCUT2D eigenvalue weighted by Gasteiger charge is 1.99. The number of benzene rings is 1. The van der Waals surface area contributed by atoms with Gasteiger partial charge in [-0.1, -0.05) is 6.07 Å². The van der Waals surface area contributed by atoms with E-state index in [-0.39, 0.29) is 0 Å². The van der Waals surface area contributed by atoms with Gasteiger partial charge in [-0.25, -0.2) is 4.98 Å². The van der Waals surface area contributed by atoms with Crippen molar-refractivity contribution in [1.29, 1.82) is 0 Å². The molecule has 1 aromatic carbocycles. The van der Waals surface area contributed by atoms with Crippen molar-refractivity contribution in [3.8, 4) is 0 Å². The van der Waals surface area contributed by atoms with Gasteiger partial charge in [0.15, 0.2) is 6.20 Å². The number of halogens is 1. The summed E-state index contributed by atoms with van der Waals surface area (Å²) in [4.78, 5) is 3.16. The molecule has 0 aliphatic heterocycles. The summed E-state index contributed by atoms with van der Waals surface area (Å²) in [5.74, 6) is 0. The monoisotopic (exact) mass is 208 g/mol. The van der Waals surface area contributed by atoms with Gasteiger partial charge >= 0.3 is 0 Å². The van der Waals surface area contributed by atoms with Gasteiger partial charge < -0.3 is 0 Å².